The number of carbonyl (C=O) groups is 2. The number of nitrogens with zero attached hydrogens (tertiary/aromatic N) is 1. The minimum absolute atomic E-state index is 0.0674. The highest BCUT2D eigenvalue weighted by Crippen LogP contribution is 2.31. The van der Waals surface area contributed by atoms with Crippen LogP contribution in [0.4, 0.5) is 0 Å². The molecule has 0 spiro atoms. The Hall–Kier alpha value is -2.59. The summed E-state index contributed by atoms with van der Waals surface area (Å²) in [6.45, 7) is 6.25. The van der Waals surface area contributed by atoms with Gasteiger partial charge in [0, 0.05) is 34.1 Å². The highest BCUT2D eigenvalue weighted by Gasteiger charge is 2.24. The average Bonchev–Trinajstić information content (AvgIpc) is 2.95. The molecule has 1 N–H and O–H groups in total. The van der Waals surface area contributed by atoms with Crippen molar-refractivity contribution in [2.24, 2.45) is 5.92 Å². The standard InChI is InChI=1S/C22H22ClNO3/c1-4-18-20(21(25)13(2)3)16-10-9-14(22(26)27)11-19(16)24(18)12-15-7-5-6-8-17(15)23/h5-11,13H,4,12H2,1-3H3,(H,26,27). The summed E-state index contributed by atoms with van der Waals surface area (Å²) in [7, 11) is 0. The third-order valence-electron chi connectivity index (χ3n) is 4.81. The summed E-state index contributed by atoms with van der Waals surface area (Å²) in [5.41, 5.74) is 3.47. The van der Waals surface area contributed by atoms with Gasteiger partial charge in [-0.1, -0.05) is 56.6 Å². The van der Waals surface area contributed by atoms with Gasteiger partial charge in [-0.2, -0.15) is 0 Å². The summed E-state index contributed by atoms with van der Waals surface area (Å²) in [5.74, 6) is -1.07. The van der Waals surface area contributed by atoms with Gasteiger partial charge in [-0.25, -0.2) is 4.79 Å². The highest BCUT2D eigenvalue weighted by atomic mass is 35.5. The molecule has 1 aromatic heterocycles. The minimum atomic E-state index is -0.989. The molecule has 5 heteroatoms. The van der Waals surface area contributed by atoms with Crippen LogP contribution < -0.4 is 0 Å². The molecule has 0 unspecified atom stereocenters. The first kappa shape index (κ1) is 19.2. The third-order valence-corrected chi connectivity index (χ3v) is 5.18. The second-order valence-electron chi connectivity index (χ2n) is 6.91. The topological polar surface area (TPSA) is 59.3 Å². The zero-order valence-corrected chi connectivity index (χ0v) is 16.4. The van der Waals surface area contributed by atoms with Gasteiger partial charge in [-0.3, -0.25) is 4.79 Å². The molecule has 0 amide bonds. The summed E-state index contributed by atoms with van der Waals surface area (Å²) >= 11 is 6.35. The van der Waals surface area contributed by atoms with Crippen LogP contribution in [0.3, 0.4) is 0 Å². The molecule has 0 fully saturated rings. The molecule has 4 nitrogen and oxygen atoms in total. The fourth-order valence-corrected chi connectivity index (χ4v) is 3.64. The van der Waals surface area contributed by atoms with Gasteiger partial charge in [0.25, 0.3) is 0 Å². The summed E-state index contributed by atoms with van der Waals surface area (Å²) in [6.07, 6.45) is 0.662. The Morgan fingerprint density at radius 3 is 2.44 bits per heavy atom. The molecule has 3 aromatic rings. The first-order valence-corrected chi connectivity index (χ1v) is 9.39. The van der Waals surface area contributed by atoms with Gasteiger partial charge in [-0.05, 0) is 30.2 Å². The Balaban J connectivity index is 2.32. The molecule has 140 valence electrons. The smallest absolute Gasteiger partial charge is 0.335 e. The number of hydrogen-bond acceptors (Lipinski definition) is 2. The van der Waals surface area contributed by atoms with Crippen LogP contribution in [0, 0.1) is 5.92 Å². The van der Waals surface area contributed by atoms with Crippen molar-refractivity contribution in [3.05, 3.63) is 69.9 Å². The molecule has 0 saturated heterocycles. The number of aromatic nitrogens is 1. The Morgan fingerprint density at radius 1 is 1.15 bits per heavy atom. The zero-order valence-electron chi connectivity index (χ0n) is 15.6. The summed E-state index contributed by atoms with van der Waals surface area (Å²) < 4.78 is 2.03. The van der Waals surface area contributed by atoms with Crippen molar-refractivity contribution in [3.63, 3.8) is 0 Å². The van der Waals surface area contributed by atoms with E-state index < -0.39 is 5.97 Å². The number of carboxylic acid groups (broad SMARTS) is 1. The monoisotopic (exact) mass is 383 g/mol. The van der Waals surface area contributed by atoms with E-state index in [1.165, 1.54) is 0 Å². The number of aromatic carboxylic acids is 1. The normalized spacial score (nSPS) is 11.3. The van der Waals surface area contributed by atoms with Crippen LogP contribution >= 0.6 is 11.6 Å². The van der Waals surface area contributed by atoms with Crippen molar-refractivity contribution < 1.29 is 14.7 Å². The molecular weight excluding hydrogens is 362 g/mol. The van der Waals surface area contributed by atoms with E-state index in [0.29, 0.717) is 23.6 Å². The zero-order chi connectivity index (χ0) is 19.7. The first-order valence-electron chi connectivity index (χ1n) is 9.01. The summed E-state index contributed by atoms with van der Waals surface area (Å²) in [5, 5.41) is 10.8. The van der Waals surface area contributed by atoms with Crippen molar-refractivity contribution in [3.8, 4) is 0 Å². The van der Waals surface area contributed by atoms with Crippen LogP contribution in [0.2, 0.25) is 5.02 Å². The van der Waals surface area contributed by atoms with Gasteiger partial charge in [0.2, 0.25) is 0 Å². The molecule has 0 radical (unpaired) electrons. The molecule has 0 bridgehead atoms. The summed E-state index contributed by atoms with van der Waals surface area (Å²) in [6, 6.07) is 12.5. The lowest BCUT2D eigenvalue weighted by atomic mass is 9.97. The van der Waals surface area contributed by atoms with Crippen molar-refractivity contribution in [2.45, 2.75) is 33.7 Å². The number of carbonyl (C=O) groups excluding carboxylic acids is 1. The van der Waals surface area contributed by atoms with E-state index in [9.17, 15) is 14.7 Å². The molecular formula is C22H22ClNO3. The number of rotatable bonds is 6. The van der Waals surface area contributed by atoms with E-state index in [1.807, 2.05) is 49.6 Å². The Labute approximate surface area is 163 Å². The Bertz CT molecular complexity index is 1030. The maximum atomic E-state index is 12.9. The van der Waals surface area contributed by atoms with Crippen LogP contribution in [-0.2, 0) is 13.0 Å². The number of carboxylic acids is 1. The van der Waals surface area contributed by atoms with E-state index in [1.54, 1.807) is 18.2 Å². The minimum Gasteiger partial charge on any atom is -0.478 e. The predicted octanol–water partition coefficient (Wildman–Crippen LogP) is 5.44. The second-order valence-corrected chi connectivity index (χ2v) is 7.32. The maximum absolute atomic E-state index is 12.9. The molecule has 27 heavy (non-hydrogen) atoms. The quantitative estimate of drug-likeness (QED) is 0.576. The fourth-order valence-electron chi connectivity index (χ4n) is 3.44. The summed E-state index contributed by atoms with van der Waals surface area (Å²) in [4.78, 5) is 24.4. The molecule has 3 rings (SSSR count). The van der Waals surface area contributed by atoms with Gasteiger partial charge in [0.15, 0.2) is 5.78 Å². The Kier molecular flexibility index (Phi) is 5.38. The molecule has 2 aromatic carbocycles. The van der Waals surface area contributed by atoms with E-state index >= 15 is 0 Å². The van der Waals surface area contributed by atoms with Crippen molar-refractivity contribution >= 4 is 34.3 Å². The number of fused-ring (bicyclic) bond motifs is 1. The SMILES string of the molecule is CCc1c(C(=O)C(C)C)c2ccc(C(=O)O)cc2n1Cc1ccccc1Cl. The van der Waals surface area contributed by atoms with Crippen molar-refractivity contribution in [1.29, 1.82) is 0 Å². The third kappa shape index (κ3) is 3.50. The molecule has 0 aliphatic heterocycles. The lowest BCUT2D eigenvalue weighted by Crippen LogP contribution is -2.12. The van der Waals surface area contributed by atoms with Gasteiger partial charge in [-0.15, -0.1) is 0 Å². The molecule has 0 saturated carbocycles. The van der Waals surface area contributed by atoms with Crippen molar-refractivity contribution in [1.82, 2.24) is 4.57 Å². The lowest BCUT2D eigenvalue weighted by molar-refractivity contribution is 0.0696. The van der Waals surface area contributed by atoms with Gasteiger partial charge >= 0.3 is 5.97 Å². The number of benzene rings is 2. The van der Waals surface area contributed by atoms with E-state index in [0.717, 1.165) is 22.2 Å². The number of ketones is 1. The van der Waals surface area contributed by atoms with Crippen LogP contribution in [0.15, 0.2) is 42.5 Å². The maximum Gasteiger partial charge on any atom is 0.335 e. The number of Topliss-reactive ketones (excluding diaryl/α,β-unsaturated/α-hetero) is 1. The predicted molar refractivity (Wildman–Crippen MR) is 108 cm³/mol. The van der Waals surface area contributed by atoms with Crippen molar-refractivity contribution in [2.75, 3.05) is 0 Å². The van der Waals surface area contributed by atoms with Crippen LogP contribution in [0.5, 0.6) is 0 Å². The van der Waals surface area contributed by atoms with Gasteiger partial charge < -0.3 is 9.67 Å². The molecule has 0 aliphatic carbocycles. The van der Waals surface area contributed by atoms with Gasteiger partial charge in [0.05, 0.1) is 11.1 Å². The van der Waals surface area contributed by atoms with E-state index in [2.05, 4.69) is 0 Å². The first-order chi connectivity index (χ1) is 12.8. The second kappa shape index (κ2) is 7.57. The van der Waals surface area contributed by atoms with E-state index in [-0.39, 0.29) is 17.3 Å². The number of hydrogen-bond donors (Lipinski definition) is 1. The number of halogens is 1. The molecule has 1 heterocycles. The molecule has 0 aliphatic rings. The van der Waals surface area contributed by atoms with Crippen LogP contribution in [-0.4, -0.2) is 21.4 Å². The average molecular weight is 384 g/mol. The Morgan fingerprint density at radius 2 is 1.85 bits per heavy atom. The highest BCUT2D eigenvalue weighted by molar-refractivity contribution is 6.31. The fraction of sp³-hybridized carbons (Fsp3) is 0.273. The lowest BCUT2D eigenvalue weighted by Gasteiger charge is -2.13. The van der Waals surface area contributed by atoms with Gasteiger partial charge in [0.1, 0.15) is 0 Å². The largest absolute Gasteiger partial charge is 0.478 e. The van der Waals surface area contributed by atoms with Crippen LogP contribution in [0.1, 0.15) is 52.7 Å². The van der Waals surface area contributed by atoms with Crippen LogP contribution in [0.25, 0.3) is 10.9 Å². The molecule has 0 atom stereocenters. The van der Waals surface area contributed by atoms with E-state index in [4.69, 9.17) is 11.6 Å².